The average Bonchev–Trinajstić information content (AvgIpc) is 2.64. The number of halogens is 2. The Morgan fingerprint density at radius 2 is 1.67 bits per heavy atom. The summed E-state index contributed by atoms with van der Waals surface area (Å²) >= 11 is 0. The quantitative estimate of drug-likeness (QED) is 0.889. The van der Waals surface area contributed by atoms with E-state index in [-0.39, 0.29) is 17.5 Å². The van der Waals surface area contributed by atoms with Crippen molar-refractivity contribution in [1.82, 2.24) is 19.8 Å². The van der Waals surface area contributed by atoms with Gasteiger partial charge in [0.05, 0.1) is 0 Å². The van der Waals surface area contributed by atoms with Crippen LogP contribution in [0.25, 0.3) is 0 Å². The number of nitrogens with one attached hydrogen (secondary N) is 1. The number of aromatic nitrogens is 2. The minimum Gasteiger partial charge on any atom is -0.340 e. The van der Waals surface area contributed by atoms with E-state index in [0.29, 0.717) is 43.5 Å². The minimum absolute atomic E-state index is 0.0157. The van der Waals surface area contributed by atoms with E-state index in [4.69, 9.17) is 0 Å². The normalized spacial score (nSPS) is 14.2. The molecule has 1 aromatic heterocycles. The van der Waals surface area contributed by atoms with E-state index in [9.17, 15) is 18.4 Å². The smallest absolute Gasteiger partial charge is 0.272 e. The zero-order chi connectivity index (χ0) is 19.6. The van der Waals surface area contributed by atoms with Crippen LogP contribution < -0.4 is 5.32 Å². The van der Waals surface area contributed by atoms with Crippen LogP contribution in [0.4, 0.5) is 20.3 Å². The van der Waals surface area contributed by atoms with E-state index in [1.807, 2.05) is 0 Å². The van der Waals surface area contributed by atoms with Crippen molar-refractivity contribution in [2.45, 2.75) is 13.8 Å². The van der Waals surface area contributed by atoms with Gasteiger partial charge in [-0.25, -0.2) is 18.7 Å². The summed E-state index contributed by atoms with van der Waals surface area (Å²) in [7, 11) is 0. The Morgan fingerprint density at radius 3 is 2.30 bits per heavy atom. The number of carbonyl (C=O) groups excluding carboxylic acids is 2. The van der Waals surface area contributed by atoms with Crippen molar-refractivity contribution in [2.75, 3.05) is 31.5 Å². The molecule has 1 aliphatic rings. The molecule has 1 aliphatic heterocycles. The fourth-order valence-electron chi connectivity index (χ4n) is 2.85. The molecule has 1 saturated heterocycles. The van der Waals surface area contributed by atoms with Crippen LogP contribution in [0, 0.1) is 18.6 Å². The molecule has 0 radical (unpaired) electrons. The topological polar surface area (TPSA) is 78.4 Å². The van der Waals surface area contributed by atoms with Crippen LogP contribution in [-0.4, -0.2) is 57.8 Å². The molecule has 0 saturated carbocycles. The SMILES string of the molecule is CC(=O)N1CCN(C(=O)c2cc(Nc3ccc(F)c(F)c3)nc(C)n2)CC1. The maximum Gasteiger partial charge on any atom is 0.272 e. The van der Waals surface area contributed by atoms with Crippen LogP contribution in [0.3, 0.4) is 0 Å². The second kappa shape index (κ2) is 7.65. The highest BCUT2D eigenvalue weighted by molar-refractivity contribution is 5.93. The second-order valence-electron chi connectivity index (χ2n) is 6.24. The van der Waals surface area contributed by atoms with Crippen molar-refractivity contribution in [3.8, 4) is 0 Å². The monoisotopic (exact) mass is 375 g/mol. The molecule has 2 amide bonds. The number of hydrogen-bond donors (Lipinski definition) is 1. The van der Waals surface area contributed by atoms with Gasteiger partial charge in [-0.15, -0.1) is 0 Å². The van der Waals surface area contributed by atoms with Crippen LogP contribution in [0.5, 0.6) is 0 Å². The molecule has 142 valence electrons. The molecule has 0 aliphatic carbocycles. The number of benzene rings is 1. The molecule has 0 spiro atoms. The van der Waals surface area contributed by atoms with Crippen LogP contribution in [0.2, 0.25) is 0 Å². The Labute approximate surface area is 155 Å². The maximum absolute atomic E-state index is 13.4. The lowest BCUT2D eigenvalue weighted by Gasteiger charge is -2.34. The third kappa shape index (κ3) is 4.36. The third-order valence-corrected chi connectivity index (χ3v) is 4.26. The van der Waals surface area contributed by atoms with Gasteiger partial charge in [0.15, 0.2) is 11.6 Å². The van der Waals surface area contributed by atoms with Crippen molar-refractivity contribution in [1.29, 1.82) is 0 Å². The summed E-state index contributed by atoms with van der Waals surface area (Å²) in [6.45, 7) is 4.94. The molecule has 1 aromatic carbocycles. The van der Waals surface area contributed by atoms with E-state index in [1.54, 1.807) is 16.7 Å². The van der Waals surface area contributed by atoms with Crippen molar-refractivity contribution >= 4 is 23.3 Å². The highest BCUT2D eigenvalue weighted by Gasteiger charge is 2.24. The lowest BCUT2D eigenvalue weighted by molar-refractivity contribution is -0.130. The average molecular weight is 375 g/mol. The van der Waals surface area contributed by atoms with Gasteiger partial charge < -0.3 is 15.1 Å². The number of aryl methyl sites for hydroxylation is 1. The lowest BCUT2D eigenvalue weighted by atomic mass is 10.2. The van der Waals surface area contributed by atoms with Gasteiger partial charge in [-0.3, -0.25) is 9.59 Å². The lowest BCUT2D eigenvalue weighted by Crippen LogP contribution is -2.50. The molecule has 0 atom stereocenters. The number of rotatable bonds is 3. The molecule has 0 bridgehead atoms. The van der Waals surface area contributed by atoms with Crippen LogP contribution >= 0.6 is 0 Å². The van der Waals surface area contributed by atoms with Crippen LogP contribution in [0.1, 0.15) is 23.2 Å². The first-order valence-corrected chi connectivity index (χ1v) is 8.46. The summed E-state index contributed by atoms with van der Waals surface area (Å²) < 4.78 is 26.4. The van der Waals surface area contributed by atoms with Gasteiger partial charge in [-0.05, 0) is 19.1 Å². The number of nitrogens with zero attached hydrogens (tertiary/aromatic N) is 4. The molecule has 9 heteroatoms. The Kier molecular flexibility index (Phi) is 5.29. The Hall–Kier alpha value is -3.10. The largest absolute Gasteiger partial charge is 0.340 e. The van der Waals surface area contributed by atoms with Gasteiger partial charge in [0.2, 0.25) is 5.91 Å². The number of hydrogen-bond acceptors (Lipinski definition) is 5. The van der Waals surface area contributed by atoms with Gasteiger partial charge in [0.25, 0.3) is 5.91 Å². The molecule has 3 rings (SSSR count). The zero-order valence-corrected chi connectivity index (χ0v) is 15.0. The Balaban J connectivity index is 1.75. The fourth-order valence-corrected chi connectivity index (χ4v) is 2.85. The molecule has 1 fully saturated rings. The van der Waals surface area contributed by atoms with E-state index in [2.05, 4.69) is 15.3 Å². The molecule has 2 aromatic rings. The van der Waals surface area contributed by atoms with Crippen molar-refractivity contribution < 1.29 is 18.4 Å². The third-order valence-electron chi connectivity index (χ3n) is 4.26. The van der Waals surface area contributed by atoms with E-state index < -0.39 is 11.6 Å². The zero-order valence-electron chi connectivity index (χ0n) is 15.0. The first-order valence-electron chi connectivity index (χ1n) is 8.46. The van der Waals surface area contributed by atoms with Gasteiger partial charge >= 0.3 is 0 Å². The molecule has 7 nitrogen and oxygen atoms in total. The van der Waals surface area contributed by atoms with Gasteiger partial charge in [-0.1, -0.05) is 0 Å². The summed E-state index contributed by atoms with van der Waals surface area (Å²) in [5.74, 6) is -1.53. The highest BCUT2D eigenvalue weighted by Crippen LogP contribution is 2.19. The predicted octanol–water partition coefficient (Wildman–Crippen LogP) is 2.11. The van der Waals surface area contributed by atoms with Gasteiger partial charge in [-0.2, -0.15) is 0 Å². The minimum atomic E-state index is -0.981. The van der Waals surface area contributed by atoms with E-state index in [1.165, 1.54) is 19.1 Å². The fraction of sp³-hybridized carbons (Fsp3) is 0.333. The number of carbonyl (C=O) groups is 2. The van der Waals surface area contributed by atoms with Crippen molar-refractivity contribution in [2.24, 2.45) is 0 Å². The standard InChI is InChI=1S/C18H19F2N5O2/c1-11-21-16(18(27)25-7-5-24(6-8-25)12(2)26)10-17(22-11)23-13-3-4-14(19)15(20)9-13/h3-4,9-10H,5-8H2,1-2H3,(H,21,22,23). The molecule has 27 heavy (non-hydrogen) atoms. The molecule has 1 N–H and O–H groups in total. The van der Waals surface area contributed by atoms with Crippen LogP contribution in [0.15, 0.2) is 24.3 Å². The first kappa shape index (κ1) is 18.7. The summed E-state index contributed by atoms with van der Waals surface area (Å²) in [5, 5.41) is 2.85. The first-order chi connectivity index (χ1) is 12.8. The molecular formula is C18H19F2N5O2. The molecule has 2 heterocycles. The maximum atomic E-state index is 13.4. The van der Waals surface area contributed by atoms with E-state index in [0.717, 1.165) is 12.1 Å². The van der Waals surface area contributed by atoms with Crippen molar-refractivity contribution in [3.63, 3.8) is 0 Å². The molecule has 0 unspecified atom stereocenters. The van der Waals surface area contributed by atoms with Crippen molar-refractivity contribution in [3.05, 3.63) is 47.4 Å². The molecular weight excluding hydrogens is 356 g/mol. The van der Waals surface area contributed by atoms with E-state index >= 15 is 0 Å². The van der Waals surface area contributed by atoms with Gasteiger partial charge in [0, 0.05) is 50.9 Å². The van der Waals surface area contributed by atoms with Gasteiger partial charge in [0.1, 0.15) is 17.3 Å². The summed E-state index contributed by atoms with van der Waals surface area (Å²) in [6, 6.07) is 4.85. The predicted molar refractivity (Wildman–Crippen MR) is 94.6 cm³/mol. The van der Waals surface area contributed by atoms with Crippen LogP contribution in [-0.2, 0) is 4.79 Å². The summed E-state index contributed by atoms with van der Waals surface area (Å²) in [5.41, 5.74) is 0.504. The number of anilines is 2. The Bertz CT molecular complexity index is 882. The number of amides is 2. The summed E-state index contributed by atoms with van der Waals surface area (Å²) in [4.78, 5) is 35.8. The summed E-state index contributed by atoms with van der Waals surface area (Å²) in [6.07, 6.45) is 0. The Morgan fingerprint density at radius 1 is 1.00 bits per heavy atom. The highest BCUT2D eigenvalue weighted by atomic mass is 19.2. The number of piperazine rings is 1. The second-order valence-corrected chi connectivity index (χ2v) is 6.24.